The third-order valence-electron chi connectivity index (χ3n) is 7.70. The van der Waals surface area contributed by atoms with E-state index in [9.17, 15) is 9.59 Å². The van der Waals surface area contributed by atoms with Crippen molar-refractivity contribution in [3.63, 3.8) is 0 Å². The molecule has 208 valence electrons. The van der Waals surface area contributed by atoms with E-state index in [0.717, 1.165) is 51.1 Å². The number of hydrogen-bond donors (Lipinski definition) is 0. The number of carbonyl (C=O) groups excluding carboxylic acids is 2. The van der Waals surface area contributed by atoms with Gasteiger partial charge in [-0.05, 0) is 39.9 Å². The zero-order chi connectivity index (χ0) is 28.2. The van der Waals surface area contributed by atoms with Gasteiger partial charge in [0.25, 0.3) is 0 Å². The van der Waals surface area contributed by atoms with Crippen LogP contribution in [0.2, 0.25) is 0 Å². The van der Waals surface area contributed by atoms with Gasteiger partial charge in [0.1, 0.15) is 13.2 Å². The molecule has 41 heavy (non-hydrogen) atoms. The molecule has 0 saturated heterocycles. The maximum atomic E-state index is 12.7. The minimum absolute atomic E-state index is 0.0521. The molecule has 0 heterocycles. The monoisotopic (exact) mass is 549 g/mol. The highest BCUT2D eigenvalue weighted by atomic mass is 17.2. The van der Waals surface area contributed by atoms with E-state index in [2.05, 4.69) is 11.8 Å². The quantitative estimate of drug-likeness (QED) is 0.0990. The third kappa shape index (κ3) is 5.38. The first-order valence-corrected chi connectivity index (χ1v) is 13.9. The van der Waals surface area contributed by atoms with Crippen LogP contribution in [0.3, 0.4) is 0 Å². The summed E-state index contributed by atoms with van der Waals surface area (Å²) in [5.74, 6) is 0.104. The molecule has 6 rings (SSSR count). The fourth-order valence-corrected chi connectivity index (χ4v) is 5.63. The highest BCUT2D eigenvalue weighted by molar-refractivity contribution is 6.22. The maximum absolute atomic E-state index is 12.7. The van der Waals surface area contributed by atoms with Gasteiger partial charge in [0.05, 0.1) is 13.2 Å². The predicted molar refractivity (Wildman–Crippen MR) is 154 cm³/mol. The molecule has 7 heteroatoms. The number of carbonyl (C=O) groups is 2. The van der Waals surface area contributed by atoms with Gasteiger partial charge in [-0.3, -0.25) is 14.5 Å². The van der Waals surface area contributed by atoms with Crippen LogP contribution >= 0.6 is 0 Å². The van der Waals surface area contributed by atoms with Crippen molar-refractivity contribution in [3.05, 3.63) is 118 Å². The first-order chi connectivity index (χ1) is 20.2. The standard InChI is InChI=1S/C34H31NO6/c1-2-35(17-19-38-40-21-23-9-7-15-29-31(23)25-11-3-5-13-27(25)33(29)36)18-20-39-41-22-24-10-8-16-30-32(24)26-12-4-6-14-28(26)34(30)37/h3-16H,2,17-22H2,1H3. The fourth-order valence-electron chi connectivity index (χ4n) is 5.63. The molecular weight excluding hydrogens is 518 g/mol. The van der Waals surface area contributed by atoms with Crippen molar-refractivity contribution in [1.82, 2.24) is 4.90 Å². The maximum Gasteiger partial charge on any atom is 0.194 e. The summed E-state index contributed by atoms with van der Waals surface area (Å²) >= 11 is 0. The molecule has 0 radical (unpaired) electrons. The average Bonchev–Trinajstić information content (AvgIpc) is 3.48. The second-order valence-corrected chi connectivity index (χ2v) is 10.0. The molecule has 2 aliphatic carbocycles. The molecule has 0 spiro atoms. The van der Waals surface area contributed by atoms with E-state index in [1.807, 2.05) is 84.9 Å². The molecule has 0 N–H and O–H groups in total. The first kappa shape index (κ1) is 27.2. The van der Waals surface area contributed by atoms with E-state index in [-0.39, 0.29) is 24.8 Å². The molecule has 0 aromatic heterocycles. The highest BCUT2D eigenvalue weighted by Gasteiger charge is 2.29. The molecule has 0 bridgehead atoms. The Morgan fingerprint density at radius 2 is 0.927 bits per heavy atom. The number of likely N-dealkylation sites (N-methyl/N-ethyl adjacent to an activating group) is 1. The summed E-state index contributed by atoms with van der Waals surface area (Å²) in [6.45, 7) is 5.53. The second-order valence-electron chi connectivity index (χ2n) is 10.0. The van der Waals surface area contributed by atoms with Gasteiger partial charge in [-0.25, -0.2) is 19.6 Å². The molecule has 0 fully saturated rings. The number of benzene rings is 4. The van der Waals surface area contributed by atoms with Crippen LogP contribution < -0.4 is 0 Å². The highest BCUT2D eigenvalue weighted by Crippen LogP contribution is 2.40. The summed E-state index contributed by atoms with van der Waals surface area (Å²) in [6.07, 6.45) is 0. The van der Waals surface area contributed by atoms with E-state index in [4.69, 9.17) is 19.6 Å². The minimum atomic E-state index is 0.0521. The van der Waals surface area contributed by atoms with Crippen molar-refractivity contribution >= 4 is 11.6 Å². The van der Waals surface area contributed by atoms with Gasteiger partial charge < -0.3 is 0 Å². The van der Waals surface area contributed by atoms with Gasteiger partial charge in [0, 0.05) is 35.3 Å². The van der Waals surface area contributed by atoms with Crippen LogP contribution in [0.25, 0.3) is 22.3 Å². The SMILES string of the molecule is CCN(CCOOCc1cccc2c1-c1ccccc1C2=O)CCOOCc1cccc2c1-c1ccccc1C2=O. The van der Waals surface area contributed by atoms with Gasteiger partial charge in [0.15, 0.2) is 11.6 Å². The van der Waals surface area contributed by atoms with Crippen molar-refractivity contribution in [1.29, 1.82) is 0 Å². The van der Waals surface area contributed by atoms with Crippen LogP contribution in [0.5, 0.6) is 0 Å². The van der Waals surface area contributed by atoms with Crippen LogP contribution in [-0.2, 0) is 32.8 Å². The molecule has 0 amide bonds. The minimum Gasteiger partial charge on any atom is -0.299 e. The second kappa shape index (κ2) is 12.3. The fraction of sp³-hybridized carbons (Fsp3) is 0.235. The van der Waals surface area contributed by atoms with E-state index in [1.54, 1.807) is 0 Å². The molecular formula is C34H31NO6. The number of rotatable bonds is 13. The predicted octanol–water partition coefficient (Wildman–Crippen LogP) is 6.03. The Morgan fingerprint density at radius 1 is 0.512 bits per heavy atom. The molecule has 0 saturated carbocycles. The van der Waals surface area contributed by atoms with Crippen LogP contribution in [0.1, 0.15) is 49.9 Å². The summed E-state index contributed by atoms with van der Waals surface area (Å²) in [4.78, 5) is 49.6. The molecule has 0 unspecified atom stereocenters. The Labute approximate surface area is 239 Å². The lowest BCUT2D eigenvalue weighted by molar-refractivity contribution is -0.310. The van der Waals surface area contributed by atoms with Crippen molar-refractivity contribution in [3.8, 4) is 22.3 Å². The van der Waals surface area contributed by atoms with Gasteiger partial charge in [-0.15, -0.1) is 0 Å². The molecule has 4 aromatic rings. The topological polar surface area (TPSA) is 74.3 Å². The Hall–Kier alpha value is -3.98. The van der Waals surface area contributed by atoms with E-state index >= 15 is 0 Å². The van der Waals surface area contributed by atoms with E-state index < -0.39 is 0 Å². The number of fused-ring (bicyclic) bond motifs is 6. The van der Waals surface area contributed by atoms with Crippen molar-refractivity contribution in [2.24, 2.45) is 0 Å². The van der Waals surface area contributed by atoms with E-state index in [1.165, 1.54) is 0 Å². The summed E-state index contributed by atoms with van der Waals surface area (Å²) in [7, 11) is 0. The van der Waals surface area contributed by atoms with Crippen LogP contribution in [0.4, 0.5) is 0 Å². The molecule has 0 atom stereocenters. The molecule has 2 aliphatic rings. The summed E-state index contributed by atoms with van der Waals surface area (Å²) in [5.41, 5.74) is 8.49. The van der Waals surface area contributed by atoms with Gasteiger partial charge in [0.2, 0.25) is 0 Å². The van der Waals surface area contributed by atoms with Crippen LogP contribution in [0.15, 0.2) is 84.9 Å². The van der Waals surface area contributed by atoms with Crippen molar-refractivity contribution in [2.45, 2.75) is 20.1 Å². The van der Waals surface area contributed by atoms with Gasteiger partial charge in [-0.2, -0.15) is 0 Å². The zero-order valence-electron chi connectivity index (χ0n) is 22.9. The normalized spacial score (nSPS) is 12.9. The lowest BCUT2D eigenvalue weighted by Crippen LogP contribution is -2.31. The number of hydrogen-bond acceptors (Lipinski definition) is 7. The Balaban J connectivity index is 0.932. The van der Waals surface area contributed by atoms with Crippen molar-refractivity contribution < 1.29 is 29.1 Å². The van der Waals surface area contributed by atoms with Crippen molar-refractivity contribution in [2.75, 3.05) is 32.8 Å². The summed E-state index contributed by atoms with van der Waals surface area (Å²) in [5, 5.41) is 0. The Kier molecular flexibility index (Phi) is 8.14. The van der Waals surface area contributed by atoms with Crippen LogP contribution in [-0.4, -0.2) is 49.3 Å². The molecule has 7 nitrogen and oxygen atoms in total. The Morgan fingerprint density at radius 3 is 1.37 bits per heavy atom. The van der Waals surface area contributed by atoms with Crippen LogP contribution in [0, 0.1) is 0 Å². The summed E-state index contributed by atoms with van der Waals surface area (Å²) < 4.78 is 0. The smallest absolute Gasteiger partial charge is 0.194 e. The zero-order valence-corrected chi connectivity index (χ0v) is 22.9. The summed E-state index contributed by atoms with van der Waals surface area (Å²) in [6, 6.07) is 26.7. The van der Waals surface area contributed by atoms with E-state index in [0.29, 0.717) is 37.4 Å². The average molecular weight is 550 g/mol. The Bertz CT molecular complexity index is 1480. The van der Waals surface area contributed by atoms with Gasteiger partial charge >= 0.3 is 0 Å². The molecule has 4 aromatic carbocycles. The molecule has 0 aliphatic heterocycles. The lowest BCUT2D eigenvalue weighted by Gasteiger charge is -2.19. The first-order valence-electron chi connectivity index (χ1n) is 13.9. The third-order valence-corrected chi connectivity index (χ3v) is 7.70. The largest absolute Gasteiger partial charge is 0.299 e. The number of nitrogens with zero attached hydrogens (tertiary/aromatic N) is 1. The van der Waals surface area contributed by atoms with Gasteiger partial charge in [-0.1, -0.05) is 91.9 Å². The lowest BCUT2D eigenvalue weighted by atomic mass is 10.00. The number of ketones is 2.